The van der Waals surface area contributed by atoms with E-state index >= 15 is 0 Å². The summed E-state index contributed by atoms with van der Waals surface area (Å²) in [5.74, 6) is -0.695. The third kappa shape index (κ3) is 4.42. The van der Waals surface area contributed by atoms with Crippen LogP contribution in [0, 0.1) is 0 Å². The van der Waals surface area contributed by atoms with Crippen LogP contribution in [0.5, 0.6) is 0 Å². The van der Waals surface area contributed by atoms with Crippen LogP contribution in [0.25, 0.3) is 0 Å². The molecule has 0 unspecified atom stereocenters. The fraction of sp³-hybridized carbons (Fsp3) is 0.727. The highest BCUT2D eigenvalue weighted by Crippen LogP contribution is 2.27. The van der Waals surface area contributed by atoms with Gasteiger partial charge in [0.2, 0.25) is 0 Å². The molecule has 3 nitrogen and oxygen atoms in total. The van der Waals surface area contributed by atoms with E-state index in [2.05, 4.69) is 11.5 Å². The summed E-state index contributed by atoms with van der Waals surface area (Å²) in [5.41, 5.74) is 0. The molecule has 0 bridgehead atoms. The third-order valence-electron chi connectivity index (χ3n) is 2.53. The van der Waals surface area contributed by atoms with Crippen LogP contribution >= 0.6 is 0 Å². The minimum absolute atomic E-state index is 0.268. The molecule has 0 aliphatic heterocycles. The largest absolute Gasteiger partial charge is 0.481 e. The SMILES string of the molecule is C=CCCCN(CCC(=O)O)C1CC1. The summed E-state index contributed by atoms with van der Waals surface area (Å²) in [4.78, 5) is 12.7. The van der Waals surface area contributed by atoms with E-state index in [0.29, 0.717) is 12.6 Å². The Morgan fingerprint density at radius 1 is 1.50 bits per heavy atom. The fourth-order valence-corrected chi connectivity index (χ4v) is 1.59. The van der Waals surface area contributed by atoms with Gasteiger partial charge in [0, 0.05) is 12.6 Å². The molecule has 1 fully saturated rings. The Morgan fingerprint density at radius 3 is 2.71 bits per heavy atom. The molecule has 1 aliphatic rings. The number of aliphatic carboxylic acids is 1. The summed E-state index contributed by atoms with van der Waals surface area (Å²) >= 11 is 0. The van der Waals surface area contributed by atoms with Gasteiger partial charge in [-0.1, -0.05) is 6.08 Å². The summed E-state index contributed by atoms with van der Waals surface area (Å²) in [6, 6.07) is 0.666. The van der Waals surface area contributed by atoms with Crippen LogP contribution in [-0.2, 0) is 4.79 Å². The van der Waals surface area contributed by atoms with Crippen molar-refractivity contribution in [3.05, 3.63) is 12.7 Å². The van der Waals surface area contributed by atoms with Crippen molar-refractivity contribution in [3.8, 4) is 0 Å². The second-order valence-corrected chi connectivity index (χ2v) is 3.84. The van der Waals surface area contributed by atoms with E-state index in [1.54, 1.807) is 0 Å². The van der Waals surface area contributed by atoms with Crippen LogP contribution in [0.1, 0.15) is 32.1 Å². The van der Waals surface area contributed by atoms with Crippen molar-refractivity contribution in [2.24, 2.45) is 0 Å². The Bertz CT molecular complexity index is 199. The van der Waals surface area contributed by atoms with Gasteiger partial charge in [-0.2, -0.15) is 0 Å². The van der Waals surface area contributed by atoms with Crippen molar-refractivity contribution >= 4 is 5.97 Å². The van der Waals surface area contributed by atoms with Gasteiger partial charge in [0.15, 0.2) is 0 Å². The van der Waals surface area contributed by atoms with Crippen molar-refractivity contribution in [3.63, 3.8) is 0 Å². The number of carboxylic acids is 1. The molecule has 1 rings (SSSR count). The number of nitrogens with zero attached hydrogens (tertiary/aromatic N) is 1. The standard InChI is InChI=1S/C11H19NO2/c1-2-3-4-8-12(10-5-6-10)9-7-11(13)14/h2,10H,1,3-9H2,(H,13,14). The Balaban J connectivity index is 2.17. The topological polar surface area (TPSA) is 40.5 Å². The fourth-order valence-electron chi connectivity index (χ4n) is 1.59. The first kappa shape index (κ1) is 11.2. The summed E-state index contributed by atoms with van der Waals surface area (Å²) in [7, 11) is 0. The molecule has 80 valence electrons. The van der Waals surface area contributed by atoms with Gasteiger partial charge in [0.25, 0.3) is 0 Å². The Kier molecular flexibility index (Phi) is 4.66. The maximum Gasteiger partial charge on any atom is 0.304 e. The van der Waals surface area contributed by atoms with Gasteiger partial charge in [0.1, 0.15) is 0 Å². The van der Waals surface area contributed by atoms with Crippen LogP contribution in [0.15, 0.2) is 12.7 Å². The summed E-state index contributed by atoms with van der Waals surface area (Å²) in [6.45, 7) is 5.40. The van der Waals surface area contributed by atoms with Crippen LogP contribution in [0.3, 0.4) is 0 Å². The minimum Gasteiger partial charge on any atom is -0.481 e. The predicted molar refractivity (Wildman–Crippen MR) is 56.3 cm³/mol. The Hall–Kier alpha value is -0.830. The smallest absolute Gasteiger partial charge is 0.304 e. The molecule has 1 aliphatic carbocycles. The van der Waals surface area contributed by atoms with E-state index in [1.165, 1.54) is 12.8 Å². The summed E-state index contributed by atoms with van der Waals surface area (Å²) < 4.78 is 0. The zero-order valence-corrected chi connectivity index (χ0v) is 8.61. The van der Waals surface area contributed by atoms with E-state index < -0.39 is 5.97 Å². The summed E-state index contributed by atoms with van der Waals surface area (Å²) in [5, 5.41) is 8.59. The third-order valence-corrected chi connectivity index (χ3v) is 2.53. The maximum atomic E-state index is 10.4. The maximum absolute atomic E-state index is 10.4. The quantitative estimate of drug-likeness (QED) is 0.477. The molecule has 0 radical (unpaired) electrons. The lowest BCUT2D eigenvalue weighted by Gasteiger charge is -2.20. The number of carboxylic acid groups (broad SMARTS) is 1. The van der Waals surface area contributed by atoms with Crippen LogP contribution in [0.4, 0.5) is 0 Å². The Labute approximate surface area is 85.4 Å². The van der Waals surface area contributed by atoms with E-state index in [1.807, 2.05) is 6.08 Å². The zero-order chi connectivity index (χ0) is 10.4. The van der Waals surface area contributed by atoms with Crippen molar-refractivity contribution in [2.45, 2.75) is 38.1 Å². The number of unbranched alkanes of at least 4 members (excludes halogenated alkanes) is 1. The second-order valence-electron chi connectivity index (χ2n) is 3.84. The van der Waals surface area contributed by atoms with Gasteiger partial charge >= 0.3 is 5.97 Å². The van der Waals surface area contributed by atoms with E-state index in [4.69, 9.17) is 5.11 Å². The number of allylic oxidation sites excluding steroid dienone is 1. The molecule has 3 heteroatoms. The molecule has 0 aromatic carbocycles. The number of hydrogen-bond acceptors (Lipinski definition) is 2. The molecule has 0 amide bonds. The number of hydrogen-bond donors (Lipinski definition) is 1. The van der Waals surface area contributed by atoms with E-state index in [9.17, 15) is 4.79 Å². The van der Waals surface area contributed by atoms with Crippen molar-refractivity contribution < 1.29 is 9.90 Å². The minimum atomic E-state index is -0.695. The lowest BCUT2D eigenvalue weighted by molar-refractivity contribution is -0.137. The Morgan fingerprint density at radius 2 is 2.21 bits per heavy atom. The zero-order valence-electron chi connectivity index (χ0n) is 8.61. The van der Waals surface area contributed by atoms with Gasteiger partial charge in [0.05, 0.1) is 6.42 Å². The molecule has 1 saturated carbocycles. The van der Waals surface area contributed by atoms with E-state index in [-0.39, 0.29) is 6.42 Å². The van der Waals surface area contributed by atoms with Crippen molar-refractivity contribution in [1.29, 1.82) is 0 Å². The second kappa shape index (κ2) is 5.81. The molecule has 0 saturated heterocycles. The average Bonchev–Trinajstić information content (AvgIpc) is 2.94. The van der Waals surface area contributed by atoms with Gasteiger partial charge in [-0.05, 0) is 32.2 Å². The lowest BCUT2D eigenvalue weighted by atomic mass is 10.2. The van der Waals surface area contributed by atoms with Crippen LogP contribution < -0.4 is 0 Å². The average molecular weight is 197 g/mol. The lowest BCUT2D eigenvalue weighted by Crippen LogP contribution is -2.29. The molecule has 0 aromatic heterocycles. The molecule has 0 spiro atoms. The normalized spacial score (nSPS) is 15.8. The number of rotatable bonds is 8. The molecule has 0 aromatic rings. The molecule has 1 N–H and O–H groups in total. The monoisotopic (exact) mass is 197 g/mol. The van der Waals surface area contributed by atoms with Gasteiger partial charge < -0.3 is 5.11 Å². The summed E-state index contributed by atoms with van der Waals surface area (Å²) in [6.07, 6.45) is 6.80. The van der Waals surface area contributed by atoms with Gasteiger partial charge in [-0.25, -0.2) is 0 Å². The van der Waals surface area contributed by atoms with Crippen molar-refractivity contribution in [2.75, 3.05) is 13.1 Å². The highest BCUT2D eigenvalue weighted by molar-refractivity contribution is 5.66. The van der Waals surface area contributed by atoms with Crippen molar-refractivity contribution in [1.82, 2.24) is 4.90 Å². The number of carbonyl (C=O) groups is 1. The molecule has 14 heavy (non-hydrogen) atoms. The van der Waals surface area contributed by atoms with Gasteiger partial charge in [-0.15, -0.1) is 6.58 Å². The molecule has 0 heterocycles. The first-order chi connectivity index (χ1) is 6.74. The molecular formula is C11H19NO2. The highest BCUT2D eigenvalue weighted by atomic mass is 16.4. The van der Waals surface area contributed by atoms with Crippen LogP contribution in [0.2, 0.25) is 0 Å². The predicted octanol–water partition coefficient (Wildman–Crippen LogP) is 1.89. The highest BCUT2D eigenvalue weighted by Gasteiger charge is 2.28. The molecule has 0 atom stereocenters. The first-order valence-corrected chi connectivity index (χ1v) is 5.30. The first-order valence-electron chi connectivity index (χ1n) is 5.30. The van der Waals surface area contributed by atoms with Gasteiger partial charge in [-0.3, -0.25) is 9.69 Å². The van der Waals surface area contributed by atoms with Crippen LogP contribution in [-0.4, -0.2) is 35.1 Å². The molecular weight excluding hydrogens is 178 g/mol. The van der Waals surface area contributed by atoms with E-state index in [0.717, 1.165) is 19.4 Å².